The minimum absolute atomic E-state index is 0.467. The van der Waals surface area contributed by atoms with Gasteiger partial charge in [0.15, 0.2) is 5.96 Å². The number of piperidine rings is 1. The zero-order valence-electron chi connectivity index (χ0n) is 17.2. The number of methoxy groups -OCH3 is 1. The highest BCUT2D eigenvalue weighted by Gasteiger charge is 2.24. The molecule has 1 atom stereocenters. The Morgan fingerprint density at radius 3 is 2.68 bits per heavy atom. The lowest BCUT2D eigenvalue weighted by molar-refractivity contribution is 0.299. The summed E-state index contributed by atoms with van der Waals surface area (Å²) < 4.78 is 5.24. The van der Waals surface area contributed by atoms with Gasteiger partial charge in [0.05, 0.1) is 7.11 Å². The maximum Gasteiger partial charge on any atom is 0.193 e. The van der Waals surface area contributed by atoms with Crippen LogP contribution in [0, 0.1) is 0 Å². The third kappa shape index (κ3) is 5.24. The second kappa shape index (κ2) is 10.1. The molecule has 7 heteroatoms. The maximum atomic E-state index is 5.24. The normalized spacial score (nSPS) is 16.8. The second-order valence-electron chi connectivity index (χ2n) is 7.33. The van der Waals surface area contributed by atoms with Crippen molar-refractivity contribution < 1.29 is 4.74 Å². The summed E-state index contributed by atoms with van der Waals surface area (Å²) in [5.74, 6) is 3.87. The van der Waals surface area contributed by atoms with Crippen molar-refractivity contribution in [3.63, 3.8) is 0 Å². The maximum absolute atomic E-state index is 5.24. The molecule has 0 saturated carbocycles. The Labute approximate surface area is 167 Å². The predicted molar refractivity (Wildman–Crippen MR) is 112 cm³/mol. The minimum Gasteiger partial charge on any atom is -0.497 e. The van der Waals surface area contributed by atoms with Gasteiger partial charge in [-0.25, -0.2) is 4.98 Å². The van der Waals surface area contributed by atoms with E-state index in [9.17, 15) is 0 Å². The molecular weight excluding hydrogens is 352 g/mol. The summed E-state index contributed by atoms with van der Waals surface area (Å²) in [4.78, 5) is 11.6. The van der Waals surface area contributed by atoms with E-state index in [4.69, 9.17) is 9.73 Å². The van der Waals surface area contributed by atoms with Crippen molar-refractivity contribution in [1.29, 1.82) is 0 Å². The first kappa shape index (κ1) is 20.2. The van der Waals surface area contributed by atoms with Gasteiger partial charge in [-0.1, -0.05) is 19.1 Å². The first-order chi connectivity index (χ1) is 13.7. The highest BCUT2D eigenvalue weighted by Crippen LogP contribution is 2.25. The fourth-order valence-corrected chi connectivity index (χ4v) is 3.67. The number of aromatic amines is 1. The Kier molecular flexibility index (Phi) is 7.28. The molecule has 0 amide bonds. The Hall–Kier alpha value is -2.57. The fraction of sp³-hybridized carbons (Fsp3) is 0.571. The quantitative estimate of drug-likeness (QED) is 0.566. The van der Waals surface area contributed by atoms with Gasteiger partial charge in [-0.05, 0) is 49.8 Å². The van der Waals surface area contributed by atoms with Crippen molar-refractivity contribution in [3.05, 3.63) is 42.0 Å². The van der Waals surface area contributed by atoms with Gasteiger partial charge in [0, 0.05) is 32.1 Å². The van der Waals surface area contributed by atoms with Crippen molar-refractivity contribution in [2.75, 3.05) is 33.3 Å². The Bertz CT molecular complexity index is 720. The second-order valence-corrected chi connectivity index (χ2v) is 7.33. The molecule has 1 fully saturated rings. The average molecular weight is 385 g/mol. The van der Waals surface area contributed by atoms with Crippen LogP contribution in [0.15, 0.2) is 35.6 Å². The number of benzene rings is 1. The summed E-state index contributed by atoms with van der Waals surface area (Å²) in [5, 5.41) is 10.4. The number of likely N-dealkylation sites (tertiary alicyclic amines) is 1. The molecule has 0 aliphatic carbocycles. The third-order valence-electron chi connectivity index (χ3n) is 5.46. The molecule has 7 nitrogen and oxygen atoms in total. The standard InChI is InChI=1S/C21H32N6O/c1-4-22-21(27-13-10-18(11-14-27)20-24-15-25-26-20)23-12-9-16(2)17-5-7-19(28-3)8-6-17/h5-8,15-16,18H,4,9-14H2,1-3H3,(H,22,23)(H,24,25,26). The molecule has 0 bridgehead atoms. The molecule has 0 spiro atoms. The van der Waals surface area contributed by atoms with Crippen LogP contribution in [-0.4, -0.2) is 59.3 Å². The van der Waals surface area contributed by atoms with Crippen LogP contribution in [0.4, 0.5) is 0 Å². The van der Waals surface area contributed by atoms with Crippen molar-refractivity contribution in [2.45, 2.75) is 44.9 Å². The predicted octanol–water partition coefficient (Wildman–Crippen LogP) is 3.15. The minimum atomic E-state index is 0.467. The number of aromatic nitrogens is 3. The smallest absolute Gasteiger partial charge is 0.193 e. The first-order valence-corrected chi connectivity index (χ1v) is 10.2. The fourth-order valence-electron chi connectivity index (χ4n) is 3.67. The van der Waals surface area contributed by atoms with Gasteiger partial charge in [0.2, 0.25) is 0 Å². The van der Waals surface area contributed by atoms with E-state index in [0.29, 0.717) is 11.8 Å². The molecule has 152 valence electrons. The first-order valence-electron chi connectivity index (χ1n) is 10.2. The van der Waals surface area contributed by atoms with E-state index in [2.05, 4.69) is 51.4 Å². The molecule has 2 heterocycles. The molecule has 1 aromatic carbocycles. The van der Waals surface area contributed by atoms with Gasteiger partial charge in [-0.2, -0.15) is 5.10 Å². The Morgan fingerprint density at radius 2 is 2.07 bits per heavy atom. The average Bonchev–Trinajstić information content (AvgIpc) is 3.28. The van der Waals surface area contributed by atoms with Crippen molar-refractivity contribution in [2.24, 2.45) is 4.99 Å². The van der Waals surface area contributed by atoms with Gasteiger partial charge in [0.1, 0.15) is 17.9 Å². The SMILES string of the molecule is CCNC(=NCCC(C)c1ccc(OC)cc1)N1CCC(c2ncn[nH]2)CC1. The molecule has 1 unspecified atom stereocenters. The number of H-pyrrole nitrogens is 1. The molecule has 1 aliphatic rings. The van der Waals surface area contributed by atoms with Crippen molar-refractivity contribution >= 4 is 5.96 Å². The molecule has 1 aliphatic heterocycles. The van der Waals surface area contributed by atoms with Crippen LogP contribution in [0.2, 0.25) is 0 Å². The van der Waals surface area contributed by atoms with Crippen LogP contribution >= 0.6 is 0 Å². The monoisotopic (exact) mass is 384 g/mol. The summed E-state index contributed by atoms with van der Waals surface area (Å²) in [6.45, 7) is 8.06. The largest absolute Gasteiger partial charge is 0.497 e. The highest BCUT2D eigenvalue weighted by molar-refractivity contribution is 5.80. The third-order valence-corrected chi connectivity index (χ3v) is 5.46. The van der Waals surface area contributed by atoms with Gasteiger partial charge in [-0.15, -0.1) is 0 Å². The number of nitrogens with one attached hydrogen (secondary N) is 2. The van der Waals surface area contributed by atoms with Gasteiger partial charge in [0.25, 0.3) is 0 Å². The number of ether oxygens (including phenoxy) is 1. The van der Waals surface area contributed by atoms with Crippen LogP contribution < -0.4 is 10.1 Å². The summed E-state index contributed by atoms with van der Waals surface area (Å²) >= 11 is 0. The summed E-state index contributed by atoms with van der Waals surface area (Å²) in [6, 6.07) is 8.34. The molecule has 1 saturated heterocycles. The van der Waals surface area contributed by atoms with E-state index in [0.717, 1.165) is 63.0 Å². The van der Waals surface area contributed by atoms with Gasteiger partial charge >= 0.3 is 0 Å². The zero-order valence-corrected chi connectivity index (χ0v) is 17.2. The Morgan fingerprint density at radius 1 is 1.32 bits per heavy atom. The molecule has 2 N–H and O–H groups in total. The van der Waals surface area contributed by atoms with E-state index < -0.39 is 0 Å². The van der Waals surface area contributed by atoms with Gasteiger partial charge < -0.3 is 15.0 Å². The van der Waals surface area contributed by atoms with Crippen molar-refractivity contribution in [3.8, 4) is 5.75 Å². The van der Waals surface area contributed by atoms with Crippen molar-refractivity contribution in [1.82, 2.24) is 25.4 Å². The van der Waals surface area contributed by atoms with E-state index in [1.807, 2.05) is 12.1 Å². The molecule has 28 heavy (non-hydrogen) atoms. The number of nitrogens with zero attached hydrogens (tertiary/aromatic N) is 4. The summed E-state index contributed by atoms with van der Waals surface area (Å²) in [5.41, 5.74) is 1.33. The molecular formula is C21H32N6O. The van der Waals surface area contributed by atoms with E-state index >= 15 is 0 Å². The van der Waals surface area contributed by atoms with E-state index in [-0.39, 0.29) is 0 Å². The van der Waals surface area contributed by atoms with Crippen LogP contribution in [-0.2, 0) is 0 Å². The van der Waals surface area contributed by atoms with Crippen LogP contribution in [0.25, 0.3) is 0 Å². The topological polar surface area (TPSA) is 78.4 Å². The van der Waals surface area contributed by atoms with Crippen LogP contribution in [0.5, 0.6) is 5.75 Å². The Balaban J connectivity index is 1.52. The molecule has 0 radical (unpaired) electrons. The molecule has 2 aromatic rings. The summed E-state index contributed by atoms with van der Waals surface area (Å²) in [7, 11) is 1.70. The number of guanidine groups is 1. The van der Waals surface area contributed by atoms with Crippen LogP contribution in [0.3, 0.4) is 0 Å². The van der Waals surface area contributed by atoms with Crippen LogP contribution in [0.1, 0.15) is 56.3 Å². The lowest BCUT2D eigenvalue weighted by Crippen LogP contribution is -2.45. The molecule has 1 aromatic heterocycles. The lowest BCUT2D eigenvalue weighted by Gasteiger charge is -2.33. The molecule has 3 rings (SSSR count). The summed E-state index contributed by atoms with van der Waals surface area (Å²) in [6.07, 6.45) is 4.76. The number of rotatable bonds is 7. The van der Waals surface area contributed by atoms with Gasteiger partial charge in [-0.3, -0.25) is 10.1 Å². The van der Waals surface area contributed by atoms with E-state index in [1.54, 1.807) is 13.4 Å². The highest BCUT2D eigenvalue weighted by atomic mass is 16.5. The number of hydrogen-bond donors (Lipinski definition) is 2. The number of hydrogen-bond acceptors (Lipinski definition) is 4. The lowest BCUT2D eigenvalue weighted by atomic mass is 9.96. The van der Waals surface area contributed by atoms with E-state index in [1.165, 1.54) is 5.56 Å². The number of aliphatic imine (C=N–C) groups is 1. The zero-order chi connectivity index (χ0) is 19.8.